The third-order valence-corrected chi connectivity index (χ3v) is 12.1. The highest BCUT2D eigenvalue weighted by Crippen LogP contribution is 2.70. The molecule has 11 heteroatoms. The molecular formula is C38H23Br2NO8. The first kappa shape index (κ1) is 31.2. The highest BCUT2D eigenvalue weighted by molar-refractivity contribution is 9.10. The molecule has 2 amide bonds. The van der Waals surface area contributed by atoms with Gasteiger partial charge in [0.2, 0.25) is 17.6 Å². The first-order chi connectivity index (χ1) is 23.7. The molecule has 0 radical (unpaired) electrons. The van der Waals surface area contributed by atoms with Crippen molar-refractivity contribution in [1.29, 1.82) is 0 Å². The van der Waals surface area contributed by atoms with Crippen LogP contribution in [-0.2, 0) is 23.0 Å². The lowest BCUT2D eigenvalue weighted by molar-refractivity contribution is -0.122. The van der Waals surface area contributed by atoms with Gasteiger partial charge < -0.3 is 13.9 Å². The Morgan fingerprint density at radius 1 is 0.673 bits per heavy atom. The average Bonchev–Trinajstić information content (AvgIpc) is 3.76. The Hall–Kier alpha value is -5.13. The minimum absolute atomic E-state index is 0.0318. The van der Waals surface area contributed by atoms with Crippen LogP contribution in [0.2, 0.25) is 0 Å². The molecule has 1 saturated heterocycles. The number of hydrogen-bond acceptors (Lipinski definition) is 8. The van der Waals surface area contributed by atoms with Crippen LogP contribution in [0.15, 0.2) is 120 Å². The molecule has 0 saturated carbocycles. The van der Waals surface area contributed by atoms with Gasteiger partial charge in [-0.2, -0.15) is 0 Å². The number of furan rings is 1. The molecule has 1 aromatic heterocycles. The maximum Gasteiger partial charge on any atom is 0.379 e. The minimum Gasteiger partial charge on any atom is -0.457 e. The molecule has 2 atom stereocenters. The molecular weight excluding hydrogens is 758 g/mol. The van der Waals surface area contributed by atoms with E-state index in [1.54, 1.807) is 18.2 Å². The van der Waals surface area contributed by atoms with E-state index in [9.17, 15) is 24.0 Å². The molecule has 49 heavy (non-hydrogen) atoms. The van der Waals surface area contributed by atoms with Crippen LogP contribution < -0.4 is 9.64 Å². The number of ketones is 1. The van der Waals surface area contributed by atoms with Gasteiger partial charge in [-0.05, 0) is 70.8 Å². The number of anilines is 1. The first-order valence-corrected chi connectivity index (χ1v) is 16.8. The van der Waals surface area contributed by atoms with Gasteiger partial charge in [-0.1, -0.05) is 92.5 Å². The number of Topliss-reactive ketones (excluding diaryl/α,β-unsaturated/α-hetero) is 1. The number of alkyl halides is 2. The summed E-state index contributed by atoms with van der Waals surface area (Å²) in [7, 11) is 0. The second-order valence-corrected chi connectivity index (χ2v) is 14.4. The summed E-state index contributed by atoms with van der Waals surface area (Å²) in [6.45, 7) is -0.606. The largest absolute Gasteiger partial charge is 0.457 e. The van der Waals surface area contributed by atoms with Crippen molar-refractivity contribution in [3.05, 3.63) is 155 Å². The van der Waals surface area contributed by atoms with E-state index in [-0.39, 0.29) is 28.3 Å². The number of ether oxygens (including phenoxy) is 2. The van der Waals surface area contributed by atoms with E-state index in [1.807, 2.05) is 48.5 Å². The maximum absolute atomic E-state index is 14.5. The lowest BCUT2D eigenvalue weighted by Crippen LogP contribution is -2.56. The van der Waals surface area contributed by atoms with Crippen LogP contribution in [0, 0.1) is 11.8 Å². The third-order valence-electron chi connectivity index (χ3n) is 9.39. The van der Waals surface area contributed by atoms with E-state index >= 15 is 0 Å². The molecule has 4 aliphatic rings. The number of para-hydroxylation sites is 1. The summed E-state index contributed by atoms with van der Waals surface area (Å²) in [5.74, 6) is -4.40. The monoisotopic (exact) mass is 779 g/mol. The van der Waals surface area contributed by atoms with Gasteiger partial charge in [0.05, 0.1) is 38.0 Å². The normalized spacial score (nSPS) is 23.0. The number of imide groups is 1. The minimum atomic E-state index is -0.990. The van der Waals surface area contributed by atoms with E-state index in [4.69, 9.17) is 13.9 Å². The Labute approximate surface area is 296 Å². The molecule has 2 bridgehead atoms. The number of benzene rings is 4. The summed E-state index contributed by atoms with van der Waals surface area (Å²) < 4.78 is 13.7. The molecule has 3 aliphatic carbocycles. The standard InChI is InChI=1S/C38H23Br2NO8/c39-37-24-9-2-3-10-25(24)38(40,27-12-5-4-11-26(27)37)32-31(37)33(43)41(34(32)44)28-13-6-1-8-23(28)35(45)48-20-29(42)21-15-17-22(18-16-21)49-36(46)30-14-7-19-47-30/h1-19,31-32H,20H2. The fourth-order valence-corrected chi connectivity index (χ4v) is 9.60. The summed E-state index contributed by atoms with van der Waals surface area (Å²) in [6.07, 6.45) is 1.35. The van der Waals surface area contributed by atoms with E-state index in [0.717, 1.165) is 27.2 Å². The van der Waals surface area contributed by atoms with Crippen molar-refractivity contribution in [2.75, 3.05) is 11.5 Å². The van der Waals surface area contributed by atoms with Crippen molar-refractivity contribution in [2.24, 2.45) is 11.8 Å². The van der Waals surface area contributed by atoms with Crippen molar-refractivity contribution in [1.82, 2.24) is 0 Å². The van der Waals surface area contributed by atoms with Gasteiger partial charge in [0, 0.05) is 5.56 Å². The van der Waals surface area contributed by atoms with E-state index in [0.29, 0.717) is 0 Å². The molecule has 1 aliphatic heterocycles. The van der Waals surface area contributed by atoms with Crippen molar-refractivity contribution in [3.63, 3.8) is 0 Å². The number of carbonyl (C=O) groups is 5. The highest BCUT2D eigenvalue weighted by Gasteiger charge is 2.72. The van der Waals surface area contributed by atoms with Gasteiger partial charge in [-0.3, -0.25) is 14.4 Å². The second-order valence-electron chi connectivity index (χ2n) is 11.9. The van der Waals surface area contributed by atoms with Gasteiger partial charge >= 0.3 is 11.9 Å². The molecule has 9 nitrogen and oxygen atoms in total. The van der Waals surface area contributed by atoms with Gasteiger partial charge in [-0.25, -0.2) is 14.5 Å². The topological polar surface area (TPSA) is 120 Å². The van der Waals surface area contributed by atoms with Gasteiger partial charge in [0.15, 0.2) is 12.4 Å². The predicted molar refractivity (Wildman–Crippen MR) is 183 cm³/mol. The Bertz CT molecular complexity index is 2090. The second kappa shape index (κ2) is 11.5. The number of halogens is 2. The van der Waals surface area contributed by atoms with Gasteiger partial charge in [0.1, 0.15) is 5.75 Å². The summed E-state index contributed by atoms with van der Waals surface area (Å²) in [5.41, 5.74) is 3.83. The number of nitrogens with zero attached hydrogens (tertiary/aromatic N) is 1. The number of rotatable bonds is 7. The van der Waals surface area contributed by atoms with Crippen molar-refractivity contribution in [3.8, 4) is 5.75 Å². The molecule has 5 aromatic rings. The fourth-order valence-electron chi connectivity index (χ4n) is 7.30. The Morgan fingerprint density at radius 3 is 1.73 bits per heavy atom. The molecule has 1 fully saturated rings. The Kier molecular flexibility index (Phi) is 7.31. The van der Waals surface area contributed by atoms with Gasteiger partial charge in [0.25, 0.3) is 0 Å². The molecule has 2 heterocycles. The van der Waals surface area contributed by atoms with Crippen LogP contribution >= 0.6 is 31.9 Å². The lowest BCUT2D eigenvalue weighted by atomic mass is 9.54. The first-order valence-electron chi connectivity index (χ1n) is 15.3. The van der Waals surface area contributed by atoms with Crippen LogP contribution in [0.1, 0.15) is 53.5 Å². The van der Waals surface area contributed by atoms with Crippen molar-refractivity contribution in [2.45, 2.75) is 8.65 Å². The number of amides is 2. The zero-order chi connectivity index (χ0) is 34.1. The Morgan fingerprint density at radius 2 is 1.20 bits per heavy atom. The highest BCUT2D eigenvalue weighted by atomic mass is 79.9. The van der Waals surface area contributed by atoms with Crippen LogP contribution in [-0.4, -0.2) is 36.1 Å². The molecule has 9 rings (SSSR count). The summed E-state index contributed by atoms with van der Waals surface area (Å²) in [4.78, 5) is 68.7. The van der Waals surface area contributed by atoms with Crippen LogP contribution in [0.3, 0.4) is 0 Å². The van der Waals surface area contributed by atoms with E-state index in [1.165, 1.54) is 48.7 Å². The van der Waals surface area contributed by atoms with Crippen LogP contribution in [0.4, 0.5) is 5.69 Å². The molecule has 242 valence electrons. The Balaban J connectivity index is 1.05. The molecule has 4 aromatic carbocycles. The predicted octanol–water partition coefficient (Wildman–Crippen LogP) is 6.95. The van der Waals surface area contributed by atoms with E-state index in [2.05, 4.69) is 31.9 Å². The van der Waals surface area contributed by atoms with E-state index < -0.39 is 56.6 Å². The molecule has 0 N–H and O–H groups in total. The smallest absolute Gasteiger partial charge is 0.379 e. The zero-order valence-electron chi connectivity index (χ0n) is 25.3. The average molecular weight is 781 g/mol. The molecule has 2 unspecified atom stereocenters. The third kappa shape index (κ3) is 4.52. The fraction of sp³-hybridized carbons (Fsp3) is 0.132. The van der Waals surface area contributed by atoms with Crippen LogP contribution in [0.25, 0.3) is 0 Å². The maximum atomic E-state index is 14.5. The number of carbonyl (C=O) groups excluding carboxylic acids is 5. The zero-order valence-corrected chi connectivity index (χ0v) is 28.5. The summed E-state index contributed by atoms with van der Waals surface area (Å²) in [5, 5.41) is 0. The SMILES string of the molecule is O=C(COC(=O)c1ccccc1N1C(=O)C2C(C1=O)C1(Br)c3ccccc3C2(Br)c2ccccc21)c1ccc(OC(=O)c2ccco2)cc1. The van der Waals surface area contributed by atoms with Crippen molar-refractivity contribution >= 4 is 67.1 Å². The summed E-state index contributed by atoms with van der Waals surface area (Å²) in [6, 6.07) is 30.5. The number of esters is 2. The molecule has 0 spiro atoms. The van der Waals surface area contributed by atoms with Gasteiger partial charge in [-0.15, -0.1) is 0 Å². The van der Waals surface area contributed by atoms with Crippen LogP contribution in [0.5, 0.6) is 5.75 Å². The lowest BCUT2D eigenvalue weighted by Gasteiger charge is -2.55. The number of hydrogen-bond donors (Lipinski definition) is 0. The quantitative estimate of drug-likeness (QED) is 0.0573. The summed E-state index contributed by atoms with van der Waals surface area (Å²) >= 11 is 7.97. The van der Waals surface area contributed by atoms with Crippen molar-refractivity contribution < 1.29 is 37.9 Å².